The van der Waals surface area contributed by atoms with Gasteiger partial charge in [0.15, 0.2) is 0 Å². The number of thioether (sulfide) groups is 1. The number of aliphatic hydroxyl groups excluding tert-OH is 1. The van der Waals surface area contributed by atoms with Crippen molar-refractivity contribution in [1.29, 1.82) is 0 Å². The van der Waals surface area contributed by atoms with Crippen LogP contribution in [0.15, 0.2) is 0 Å². The summed E-state index contributed by atoms with van der Waals surface area (Å²) in [6, 6.07) is 0.555. The molecular formula is C8H19NOS. The first-order chi connectivity index (χ1) is 5.20. The molecule has 0 saturated carbocycles. The van der Waals surface area contributed by atoms with Crippen molar-refractivity contribution >= 4 is 11.8 Å². The molecule has 0 aromatic rings. The Morgan fingerprint density at radius 2 is 2.18 bits per heavy atom. The van der Waals surface area contributed by atoms with Crippen molar-refractivity contribution in [2.24, 2.45) is 0 Å². The van der Waals surface area contributed by atoms with E-state index >= 15 is 0 Å². The van der Waals surface area contributed by atoms with Crippen molar-refractivity contribution in [3.63, 3.8) is 0 Å². The highest BCUT2D eigenvalue weighted by atomic mass is 32.2. The van der Waals surface area contributed by atoms with E-state index in [9.17, 15) is 0 Å². The van der Waals surface area contributed by atoms with Gasteiger partial charge in [0.25, 0.3) is 0 Å². The molecule has 0 heterocycles. The van der Waals surface area contributed by atoms with E-state index in [0.29, 0.717) is 12.6 Å². The molecule has 0 rings (SSSR count). The van der Waals surface area contributed by atoms with Gasteiger partial charge in [0.1, 0.15) is 0 Å². The van der Waals surface area contributed by atoms with E-state index in [1.807, 2.05) is 11.8 Å². The van der Waals surface area contributed by atoms with E-state index in [2.05, 4.69) is 18.5 Å². The summed E-state index contributed by atoms with van der Waals surface area (Å²) in [4.78, 5) is 0. The van der Waals surface area contributed by atoms with Crippen molar-refractivity contribution in [2.45, 2.75) is 32.4 Å². The van der Waals surface area contributed by atoms with Crippen LogP contribution in [-0.2, 0) is 0 Å². The summed E-state index contributed by atoms with van der Waals surface area (Å²) in [5, 5.41) is 12.3. The van der Waals surface area contributed by atoms with Crippen LogP contribution in [0.1, 0.15) is 20.3 Å². The van der Waals surface area contributed by atoms with Gasteiger partial charge < -0.3 is 10.4 Å². The largest absolute Gasteiger partial charge is 0.392 e. The van der Waals surface area contributed by atoms with E-state index in [-0.39, 0.29) is 6.10 Å². The SMILES string of the molecule is CCC(CSC)NC[C@@H](C)O. The van der Waals surface area contributed by atoms with E-state index in [0.717, 1.165) is 12.2 Å². The fraction of sp³-hybridized carbons (Fsp3) is 1.00. The fourth-order valence-electron chi connectivity index (χ4n) is 0.860. The van der Waals surface area contributed by atoms with Gasteiger partial charge in [0, 0.05) is 18.3 Å². The normalized spacial score (nSPS) is 16.4. The van der Waals surface area contributed by atoms with Crippen LogP contribution >= 0.6 is 11.8 Å². The summed E-state index contributed by atoms with van der Waals surface area (Å²) < 4.78 is 0. The van der Waals surface area contributed by atoms with Crippen LogP contribution in [0.5, 0.6) is 0 Å². The van der Waals surface area contributed by atoms with Gasteiger partial charge in [0.2, 0.25) is 0 Å². The standard InChI is InChI=1S/C8H19NOS/c1-4-8(6-11-3)9-5-7(2)10/h7-10H,4-6H2,1-3H3/t7-,8?/m1/s1. The third kappa shape index (κ3) is 6.66. The van der Waals surface area contributed by atoms with Crippen molar-refractivity contribution < 1.29 is 5.11 Å². The Morgan fingerprint density at radius 3 is 2.55 bits per heavy atom. The molecule has 11 heavy (non-hydrogen) atoms. The lowest BCUT2D eigenvalue weighted by molar-refractivity contribution is 0.187. The molecule has 0 aliphatic carbocycles. The second kappa shape index (κ2) is 6.95. The minimum atomic E-state index is -0.231. The summed E-state index contributed by atoms with van der Waals surface area (Å²) >= 11 is 1.84. The second-order valence-electron chi connectivity index (χ2n) is 2.82. The lowest BCUT2D eigenvalue weighted by Crippen LogP contribution is -2.35. The summed E-state index contributed by atoms with van der Waals surface area (Å²) in [5.41, 5.74) is 0. The minimum absolute atomic E-state index is 0.231. The maximum absolute atomic E-state index is 9.00. The molecular weight excluding hydrogens is 158 g/mol. The zero-order valence-corrected chi connectivity index (χ0v) is 8.45. The van der Waals surface area contributed by atoms with Crippen molar-refractivity contribution in [1.82, 2.24) is 5.32 Å². The molecule has 0 saturated heterocycles. The predicted octanol–water partition coefficient (Wildman–Crippen LogP) is 1.10. The molecule has 0 radical (unpaired) electrons. The Labute approximate surface area is 73.8 Å². The monoisotopic (exact) mass is 177 g/mol. The summed E-state index contributed by atoms with van der Waals surface area (Å²) in [6.45, 7) is 4.67. The maximum atomic E-state index is 9.00. The molecule has 0 aliphatic heterocycles. The summed E-state index contributed by atoms with van der Waals surface area (Å²) in [6.07, 6.45) is 3.01. The Hall–Kier alpha value is 0.270. The lowest BCUT2D eigenvalue weighted by Gasteiger charge is -2.16. The van der Waals surface area contributed by atoms with Crippen molar-refractivity contribution in [3.05, 3.63) is 0 Å². The molecule has 1 unspecified atom stereocenters. The highest BCUT2D eigenvalue weighted by Gasteiger charge is 2.04. The maximum Gasteiger partial charge on any atom is 0.0636 e. The van der Waals surface area contributed by atoms with Gasteiger partial charge in [-0.25, -0.2) is 0 Å². The van der Waals surface area contributed by atoms with E-state index in [4.69, 9.17) is 5.11 Å². The molecule has 68 valence electrons. The number of nitrogens with one attached hydrogen (secondary N) is 1. The first-order valence-electron chi connectivity index (χ1n) is 4.11. The van der Waals surface area contributed by atoms with Gasteiger partial charge in [-0.3, -0.25) is 0 Å². The third-order valence-corrected chi connectivity index (χ3v) is 2.30. The summed E-state index contributed by atoms with van der Waals surface area (Å²) in [5.74, 6) is 1.13. The van der Waals surface area contributed by atoms with Crippen LogP contribution < -0.4 is 5.32 Å². The third-order valence-electron chi connectivity index (χ3n) is 1.56. The highest BCUT2D eigenvalue weighted by molar-refractivity contribution is 7.98. The number of rotatable bonds is 6. The van der Waals surface area contributed by atoms with Gasteiger partial charge in [0.05, 0.1) is 6.10 Å². The van der Waals surface area contributed by atoms with Crippen LogP contribution in [-0.4, -0.2) is 35.8 Å². The Kier molecular flexibility index (Phi) is 7.12. The molecule has 0 aromatic carbocycles. The molecule has 0 bridgehead atoms. The fourth-order valence-corrected chi connectivity index (χ4v) is 1.62. The first-order valence-corrected chi connectivity index (χ1v) is 5.50. The number of hydrogen-bond acceptors (Lipinski definition) is 3. The van der Waals surface area contributed by atoms with E-state index in [1.54, 1.807) is 6.92 Å². The smallest absolute Gasteiger partial charge is 0.0636 e. The van der Waals surface area contributed by atoms with Gasteiger partial charge in [-0.1, -0.05) is 6.92 Å². The Bertz CT molecular complexity index is 88.2. The van der Waals surface area contributed by atoms with Gasteiger partial charge in [-0.15, -0.1) is 0 Å². The molecule has 3 heteroatoms. The van der Waals surface area contributed by atoms with Crippen LogP contribution in [0, 0.1) is 0 Å². The van der Waals surface area contributed by atoms with Crippen LogP contribution in [0.4, 0.5) is 0 Å². The number of hydrogen-bond donors (Lipinski definition) is 2. The average molecular weight is 177 g/mol. The average Bonchev–Trinajstić information content (AvgIpc) is 1.97. The topological polar surface area (TPSA) is 32.3 Å². The quantitative estimate of drug-likeness (QED) is 0.637. The van der Waals surface area contributed by atoms with Crippen LogP contribution in [0.3, 0.4) is 0 Å². The lowest BCUT2D eigenvalue weighted by atomic mass is 10.2. The predicted molar refractivity (Wildman–Crippen MR) is 52.1 cm³/mol. The van der Waals surface area contributed by atoms with Crippen molar-refractivity contribution in [3.8, 4) is 0 Å². The van der Waals surface area contributed by atoms with E-state index < -0.39 is 0 Å². The summed E-state index contributed by atoms with van der Waals surface area (Å²) in [7, 11) is 0. The zero-order valence-electron chi connectivity index (χ0n) is 7.63. The van der Waals surface area contributed by atoms with Gasteiger partial charge >= 0.3 is 0 Å². The minimum Gasteiger partial charge on any atom is -0.392 e. The molecule has 0 aromatic heterocycles. The zero-order chi connectivity index (χ0) is 8.69. The van der Waals surface area contributed by atoms with Crippen LogP contribution in [0.2, 0.25) is 0 Å². The molecule has 0 spiro atoms. The van der Waals surface area contributed by atoms with Gasteiger partial charge in [-0.2, -0.15) is 11.8 Å². The molecule has 2 N–H and O–H groups in total. The first kappa shape index (κ1) is 11.3. The van der Waals surface area contributed by atoms with Crippen LogP contribution in [0.25, 0.3) is 0 Å². The molecule has 0 fully saturated rings. The van der Waals surface area contributed by atoms with E-state index in [1.165, 1.54) is 0 Å². The Balaban J connectivity index is 3.35. The molecule has 0 aliphatic rings. The highest BCUT2D eigenvalue weighted by Crippen LogP contribution is 2.00. The Morgan fingerprint density at radius 1 is 1.55 bits per heavy atom. The second-order valence-corrected chi connectivity index (χ2v) is 3.73. The molecule has 2 nitrogen and oxygen atoms in total. The molecule has 0 amide bonds. The molecule has 2 atom stereocenters. The van der Waals surface area contributed by atoms with Gasteiger partial charge in [-0.05, 0) is 19.6 Å². The number of aliphatic hydroxyl groups is 1. The van der Waals surface area contributed by atoms with Crippen molar-refractivity contribution in [2.75, 3.05) is 18.6 Å².